The van der Waals surface area contributed by atoms with E-state index in [9.17, 15) is 23.1 Å². The molecule has 16 heavy (non-hydrogen) atoms. The van der Waals surface area contributed by atoms with Crippen LogP contribution in [0.2, 0.25) is 0 Å². The van der Waals surface area contributed by atoms with Gasteiger partial charge >= 0.3 is 5.51 Å². The zero-order valence-corrected chi connectivity index (χ0v) is 8.95. The van der Waals surface area contributed by atoms with Gasteiger partial charge in [-0.1, -0.05) is 0 Å². The van der Waals surface area contributed by atoms with Crippen LogP contribution < -0.4 is 5.32 Å². The lowest BCUT2D eigenvalue weighted by Crippen LogP contribution is -2.06. The molecule has 2 N–H and O–H groups in total. The Morgan fingerprint density at radius 1 is 1.44 bits per heavy atom. The van der Waals surface area contributed by atoms with Crippen LogP contribution in [-0.2, 0) is 4.79 Å². The topological polar surface area (TPSA) is 49.3 Å². The Balaban J connectivity index is 2.93. The number of benzene rings is 1. The summed E-state index contributed by atoms with van der Waals surface area (Å²) in [7, 11) is 0. The molecule has 0 aromatic heterocycles. The molecule has 0 heterocycles. The monoisotopic (exact) mass is 251 g/mol. The average Bonchev–Trinajstić information content (AvgIpc) is 2.07. The number of nitrogens with one attached hydrogen (secondary N) is 1. The van der Waals surface area contributed by atoms with Crippen molar-refractivity contribution in [3.05, 3.63) is 18.2 Å². The highest BCUT2D eigenvalue weighted by Crippen LogP contribution is 2.39. The molecule has 0 radical (unpaired) electrons. The Bertz CT molecular complexity index is 406. The molecule has 3 nitrogen and oxygen atoms in total. The number of aromatic hydroxyl groups is 1. The number of phenolic OH excluding ortho intramolecular Hbond substituents is 1. The van der Waals surface area contributed by atoms with Gasteiger partial charge in [0.25, 0.3) is 0 Å². The number of hydrogen-bond acceptors (Lipinski definition) is 3. The maximum Gasteiger partial charge on any atom is 0.446 e. The minimum atomic E-state index is -4.40. The molecule has 0 fully saturated rings. The van der Waals surface area contributed by atoms with Gasteiger partial charge in [-0.05, 0) is 30.0 Å². The zero-order chi connectivity index (χ0) is 12.3. The number of anilines is 1. The van der Waals surface area contributed by atoms with Gasteiger partial charge in [-0.25, -0.2) is 0 Å². The van der Waals surface area contributed by atoms with Crippen molar-refractivity contribution < 1.29 is 23.1 Å². The van der Waals surface area contributed by atoms with Crippen molar-refractivity contribution in [2.24, 2.45) is 0 Å². The Morgan fingerprint density at radius 2 is 2.06 bits per heavy atom. The fourth-order valence-electron chi connectivity index (χ4n) is 1.00. The minimum absolute atomic E-state index is 0.0400. The van der Waals surface area contributed by atoms with Crippen LogP contribution in [0.3, 0.4) is 0 Å². The van der Waals surface area contributed by atoms with Crippen LogP contribution in [0, 0.1) is 0 Å². The molecular weight excluding hydrogens is 243 g/mol. The van der Waals surface area contributed by atoms with Gasteiger partial charge in [-0.15, -0.1) is 0 Å². The summed E-state index contributed by atoms with van der Waals surface area (Å²) in [6.07, 6.45) is 0. The van der Waals surface area contributed by atoms with Gasteiger partial charge in [0.05, 0.1) is 5.69 Å². The highest BCUT2D eigenvalue weighted by Gasteiger charge is 2.29. The first-order chi connectivity index (χ1) is 7.28. The van der Waals surface area contributed by atoms with E-state index in [1.807, 2.05) is 0 Å². The first-order valence-electron chi connectivity index (χ1n) is 4.14. The molecule has 1 rings (SSSR count). The molecule has 0 spiro atoms. The van der Waals surface area contributed by atoms with Crippen molar-refractivity contribution in [1.29, 1.82) is 0 Å². The Morgan fingerprint density at radius 3 is 2.56 bits per heavy atom. The Hall–Kier alpha value is -1.37. The van der Waals surface area contributed by atoms with Gasteiger partial charge < -0.3 is 10.4 Å². The quantitative estimate of drug-likeness (QED) is 0.627. The van der Waals surface area contributed by atoms with E-state index in [1.165, 1.54) is 6.92 Å². The maximum atomic E-state index is 12.0. The lowest BCUT2D eigenvalue weighted by molar-refractivity contribution is -0.114. The second kappa shape index (κ2) is 4.65. The molecule has 1 aromatic rings. The number of halogens is 3. The zero-order valence-electron chi connectivity index (χ0n) is 8.13. The number of amides is 1. The van der Waals surface area contributed by atoms with Crippen LogP contribution in [0.4, 0.5) is 18.9 Å². The number of alkyl halides is 3. The van der Waals surface area contributed by atoms with E-state index >= 15 is 0 Å². The third-order valence-corrected chi connectivity index (χ3v) is 2.23. The predicted octanol–water partition coefficient (Wildman–Crippen LogP) is 2.96. The number of carbonyl (C=O) groups excluding carboxylic acids is 1. The normalized spacial score (nSPS) is 11.2. The molecule has 0 bridgehead atoms. The summed E-state index contributed by atoms with van der Waals surface area (Å²) in [4.78, 5) is 10.6. The number of thioether (sulfide) groups is 1. The van der Waals surface area contributed by atoms with E-state index in [0.717, 1.165) is 18.2 Å². The van der Waals surface area contributed by atoms with Crippen molar-refractivity contribution in [2.45, 2.75) is 17.3 Å². The van der Waals surface area contributed by atoms with Crippen LogP contribution in [0.1, 0.15) is 6.92 Å². The molecule has 0 aliphatic heterocycles. The maximum absolute atomic E-state index is 12.0. The molecule has 0 saturated heterocycles. The van der Waals surface area contributed by atoms with Gasteiger partial charge in [0.1, 0.15) is 5.75 Å². The third kappa shape index (κ3) is 4.01. The summed E-state index contributed by atoms with van der Waals surface area (Å²) < 4.78 is 36.1. The standard InChI is InChI=1S/C9H8F3NO2S/c1-5(14)13-7-4-6(2-3-8(7)15)16-9(10,11)12/h2-4,15H,1H3,(H,13,14). The fraction of sp³-hybridized carbons (Fsp3) is 0.222. The molecule has 88 valence electrons. The highest BCUT2D eigenvalue weighted by atomic mass is 32.2. The SMILES string of the molecule is CC(=O)Nc1cc(SC(F)(F)F)ccc1O. The van der Waals surface area contributed by atoms with Crippen LogP contribution in [-0.4, -0.2) is 16.5 Å². The second-order valence-corrected chi connectivity index (χ2v) is 4.05. The van der Waals surface area contributed by atoms with Crippen molar-refractivity contribution in [1.82, 2.24) is 0 Å². The van der Waals surface area contributed by atoms with Crippen molar-refractivity contribution in [2.75, 3.05) is 5.32 Å². The Labute approximate surface area is 93.7 Å². The van der Waals surface area contributed by atoms with E-state index in [2.05, 4.69) is 5.32 Å². The molecule has 0 saturated carbocycles. The molecule has 0 aliphatic rings. The van der Waals surface area contributed by atoms with Gasteiger partial charge in [0.15, 0.2) is 0 Å². The summed E-state index contributed by atoms with van der Waals surface area (Å²) in [5, 5.41) is 11.5. The second-order valence-electron chi connectivity index (χ2n) is 2.91. The molecular formula is C9H8F3NO2S. The average molecular weight is 251 g/mol. The predicted molar refractivity (Wildman–Crippen MR) is 54.3 cm³/mol. The molecule has 0 unspecified atom stereocenters. The molecule has 0 aliphatic carbocycles. The number of hydrogen-bond donors (Lipinski definition) is 2. The first kappa shape index (κ1) is 12.7. The van der Waals surface area contributed by atoms with E-state index in [4.69, 9.17) is 0 Å². The number of carbonyl (C=O) groups is 1. The van der Waals surface area contributed by atoms with E-state index < -0.39 is 11.4 Å². The van der Waals surface area contributed by atoms with Gasteiger partial charge in [-0.3, -0.25) is 4.79 Å². The number of phenols is 1. The summed E-state index contributed by atoms with van der Waals surface area (Å²) in [5.41, 5.74) is -4.44. The first-order valence-corrected chi connectivity index (χ1v) is 4.96. The highest BCUT2D eigenvalue weighted by molar-refractivity contribution is 8.00. The van der Waals surface area contributed by atoms with Gasteiger partial charge in [-0.2, -0.15) is 13.2 Å². The molecule has 1 amide bonds. The number of rotatable bonds is 2. The van der Waals surface area contributed by atoms with Gasteiger partial charge in [0, 0.05) is 11.8 Å². The smallest absolute Gasteiger partial charge is 0.446 e. The molecule has 0 atom stereocenters. The van der Waals surface area contributed by atoms with E-state index in [-0.39, 0.29) is 28.1 Å². The van der Waals surface area contributed by atoms with Crippen molar-refractivity contribution in [3.63, 3.8) is 0 Å². The summed E-state index contributed by atoms with van der Waals surface area (Å²) in [6.45, 7) is 1.20. The summed E-state index contributed by atoms with van der Waals surface area (Å²) in [6, 6.07) is 3.28. The van der Waals surface area contributed by atoms with Crippen molar-refractivity contribution >= 4 is 23.4 Å². The van der Waals surface area contributed by atoms with E-state index in [1.54, 1.807) is 0 Å². The molecule has 7 heteroatoms. The van der Waals surface area contributed by atoms with Crippen LogP contribution in [0.25, 0.3) is 0 Å². The van der Waals surface area contributed by atoms with Crippen LogP contribution >= 0.6 is 11.8 Å². The van der Waals surface area contributed by atoms with Crippen LogP contribution in [0.15, 0.2) is 23.1 Å². The lowest BCUT2D eigenvalue weighted by Gasteiger charge is -2.09. The minimum Gasteiger partial charge on any atom is -0.506 e. The van der Waals surface area contributed by atoms with Crippen molar-refractivity contribution in [3.8, 4) is 5.75 Å². The Kier molecular flexibility index (Phi) is 3.69. The fourth-order valence-corrected chi connectivity index (χ4v) is 1.58. The third-order valence-electron chi connectivity index (χ3n) is 1.51. The van der Waals surface area contributed by atoms with E-state index in [0.29, 0.717) is 0 Å². The van der Waals surface area contributed by atoms with Crippen LogP contribution in [0.5, 0.6) is 5.75 Å². The summed E-state index contributed by atoms with van der Waals surface area (Å²) >= 11 is -0.312. The largest absolute Gasteiger partial charge is 0.506 e. The summed E-state index contributed by atoms with van der Waals surface area (Å²) in [5.74, 6) is -0.744. The molecule has 1 aromatic carbocycles. The lowest BCUT2D eigenvalue weighted by atomic mass is 10.3. The van der Waals surface area contributed by atoms with Gasteiger partial charge in [0.2, 0.25) is 5.91 Å².